The normalized spacial score (nSPS) is 21.6. The minimum absolute atomic E-state index is 0.155. The Labute approximate surface area is 165 Å². The van der Waals surface area contributed by atoms with Crippen molar-refractivity contribution in [2.45, 2.75) is 45.1 Å². The van der Waals surface area contributed by atoms with E-state index in [2.05, 4.69) is 23.0 Å². The molecule has 1 aromatic heterocycles. The predicted octanol–water partition coefficient (Wildman–Crippen LogP) is 2.88. The van der Waals surface area contributed by atoms with Gasteiger partial charge in [0.1, 0.15) is 6.04 Å². The average molecular weight is 380 g/mol. The van der Waals surface area contributed by atoms with Crippen LogP contribution in [0.1, 0.15) is 38.2 Å². The summed E-state index contributed by atoms with van der Waals surface area (Å²) in [6, 6.07) is 11.0. The van der Waals surface area contributed by atoms with Crippen LogP contribution in [-0.4, -0.2) is 39.7 Å². The first-order valence-electron chi connectivity index (χ1n) is 10.3. The number of amides is 1. The summed E-state index contributed by atoms with van der Waals surface area (Å²) in [4.78, 5) is 29.4. The van der Waals surface area contributed by atoms with Gasteiger partial charge in [-0.25, -0.2) is 4.68 Å². The molecule has 4 rings (SSSR count). The van der Waals surface area contributed by atoms with Crippen LogP contribution in [-0.2, 0) is 18.3 Å². The van der Waals surface area contributed by atoms with E-state index >= 15 is 0 Å². The number of aromatic nitrogens is 2. The average Bonchev–Trinajstić information content (AvgIpc) is 3.09. The lowest BCUT2D eigenvalue weighted by Gasteiger charge is -2.36. The van der Waals surface area contributed by atoms with Gasteiger partial charge in [0.05, 0.1) is 0 Å². The highest BCUT2D eigenvalue weighted by molar-refractivity contribution is 5.91. The molecule has 2 unspecified atom stereocenters. The van der Waals surface area contributed by atoms with Crippen molar-refractivity contribution >= 4 is 17.4 Å². The van der Waals surface area contributed by atoms with Crippen molar-refractivity contribution < 1.29 is 4.79 Å². The molecule has 3 heterocycles. The lowest BCUT2D eigenvalue weighted by atomic mass is 9.93. The first-order chi connectivity index (χ1) is 13.6. The molecule has 28 heavy (non-hydrogen) atoms. The van der Waals surface area contributed by atoms with E-state index in [-0.39, 0.29) is 17.5 Å². The van der Waals surface area contributed by atoms with Crippen molar-refractivity contribution in [2.75, 3.05) is 18.0 Å². The second kappa shape index (κ2) is 7.78. The Morgan fingerprint density at radius 3 is 2.82 bits per heavy atom. The first-order valence-corrected chi connectivity index (χ1v) is 10.3. The van der Waals surface area contributed by atoms with E-state index < -0.39 is 0 Å². The fourth-order valence-corrected chi connectivity index (χ4v) is 4.61. The Morgan fingerprint density at radius 1 is 1.21 bits per heavy atom. The fraction of sp³-hybridized carbons (Fsp3) is 0.500. The molecule has 2 aromatic rings. The van der Waals surface area contributed by atoms with Gasteiger partial charge in [-0.05, 0) is 42.9 Å². The number of piperidine rings is 1. The summed E-state index contributed by atoms with van der Waals surface area (Å²) in [5, 5.41) is 4.44. The van der Waals surface area contributed by atoms with Crippen molar-refractivity contribution in [2.24, 2.45) is 13.0 Å². The number of benzene rings is 1. The molecule has 1 aromatic carbocycles. The highest BCUT2D eigenvalue weighted by atomic mass is 16.2. The maximum absolute atomic E-state index is 13.5. The molecule has 1 fully saturated rings. The van der Waals surface area contributed by atoms with E-state index in [1.54, 1.807) is 13.1 Å². The number of likely N-dealkylation sites (tertiary alicyclic amines) is 1. The largest absolute Gasteiger partial charge is 0.341 e. The molecule has 1 saturated heterocycles. The van der Waals surface area contributed by atoms with Gasteiger partial charge in [0, 0.05) is 38.3 Å². The topological polar surface area (TPSA) is 58.4 Å². The quantitative estimate of drug-likeness (QED) is 0.818. The molecule has 2 atom stereocenters. The van der Waals surface area contributed by atoms with Crippen molar-refractivity contribution in [1.82, 2.24) is 14.7 Å². The summed E-state index contributed by atoms with van der Waals surface area (Å²) >= 11 is 0. The molecule has 0 aliphatic carbocycles. The van der Waals surface area contributed by atoms with Gasteiger partial charge >= 0.3 is 0 Å². The minimum Gasteiger partial charge on any atom is -0.341 e. The number of fused-ring (bicyclic) bond motifs is 1. The molecule has 2 aliphatic rings. The molecule has 0 N–H and O–H groups in total. The van der Waals surface area contributed by atoms with Crippen molar-refractivity contribution in [3.05, 3.63) is 52.3 Å². The zero-order chi connectivity index (χ0) is 19.7. The Bertz CT molecular complexity index is 921. The van der Waals surface area contributed by atoms with Crippen LogP contribution in [0.15, 0.2) is 41.2 Å². The Hall–Kier alpha value is -2.63. The van der Waals surface area contributed by atoms with Gasteiger partial charge < -0.3 is 9.80 Å². The van der Waals surface area contributed by atoms with E-state index in [4.69, 9.17) is 0 Å². The third kappa shape index (κ3) is 3.43. The van der Waals surface area contributed by atoms with Crippen LogP contribution in [0.3, 0.4) is 0 Å². The molecule has 6 heteroatoms. The highest BCUT2D eigenvalue weighted by Gasteiger charge is 2.39. The monoisotopic (exact) mass is 380 g/mol. The number of para-hydroxylation sites is 1. The molecule has 1 amide bonds. The van der Waals surface area contributed by atoms with Crippen LogP contribution < -0.4 is 10.5 Å². The third-order valence-corrected chi connectivity index (χ3v) is 5.98. The van der Waals surface area contributed by atoms with Gasteiger partial charge in [0.2, 0.25) is 5.91 Å². The molecular weight excluding hydrogens is 352 g/mol. The van der Waals surface area contributed by atoms with E-state index in [0.717, 1.165) is 37.2 Å². The summed E-state index contributed by atoms with van der Waals surface area (Å²) in [6.45, 7) is 3.90. The molecule has 0 saturated carbocycles. The third-order valence-electron chi connectivity index (χ3n) is 5.98. The predicted molar refractivity (Wildman–Crippen MR) is 110 cm³/mol. The van der Waals surface area contributed by atoms with Crippen LogP contribution in [0, 0.1) is 5.92 Å². The molecular formula is C22H28N4O2. The minimum atomic E-state index is -0.303. The molecule has 0 spiro atoms. The number of hydrogen-bond donors (Lipinski definition) is 0. The van der Waals surface area contributed by atoms with E-state index in [0.29, 0.717) is 18.2 Å². The van der Waals surface area contributed by atoms with Crippen LogP contribution in [0.25, 0.3) is 0 Å². The van der Waals surface area contributed by atoms with Crippen LogP contribution in [0.5, 0.6) is 0 Å². The maximum Gasteiger partial charge on any atom is 0.266 e. The number of anilines is 2. The summed E-state index contributed by atoms with van der Waals surface area (Å²) in [7, 11) is 1.64. The zero-order valence-corrected chi connectivity index (χ0v) is 16.7. The number of carbonyl (C=O) groups is 1. The lowest BCUT2D eigenvalue weighted by molar-refractivity contribution is -0.134. The summed E-state index contributed by atoms with van der Waals surface area (Å²) < 4.78 is 1.33. The second-order valence-corrected chi connectivity index (χ2v) is 7.95. The van der Waals surface area contributed by atoms with Crippen molar-refractivity contribution in [3.8, 4) is 0 Å². The lowest BCUT2D eigenvalue weighted by Crippen LogP contribution is -2.49. The number of nitrogens with zero attached hydrogens (tertiary/aromatic N) is 4. The number of rotatable bonds is 4. The van der Waals surface area contributed by atoms with Gasteiger partial charge in [-0.1, -0.05) is 31.5 Å². The zero-order valence-electron chi connectivity index (χ0n) is 16.7. The van der Waals surface area contributed by atoms with E-state index in [1.165, 1.54) is 23.6 Å². The molecule has 148 valence electrons. The fourth-order valence-electron chi connectivity index (χ4n) is 4.61. The summed E-state index contributed by atoms with van der Waals surface area (Å²) in [5.41, 5.74) is 2.00. The SMILES string of the molecule is CCCC1CCCN(C(=O)C2Cc3ccccc3N2c2ccc(=O)n(C)n2)C1. The number of carbonyl (C=O) groups excluding carboxylic acids is 1. The van der Waals surface area contributed by atoms with Crippen LogP contribution in [0.2, 0.25) is 0 Å². The Balaban J connectivity index is 1.66. The van der Waals surface area contributed by atoms with E-state index in [1.807, 2.05) is 23.1 Å². The van der Waals surface area contributed by atoms with Gasteiger partial charge in [-0.2, -0.15) is 5.10 Å². The van der Waals surface area contributed by atoms with Gasteiger partial charge in [0.25, 0.3) is 5.56 Å². The highest BCUT2D eigenvalue weighted by Crippen LogP contribution is 2.38. The second-order valence-electron chi connectivity index (χ2n) is 7.95. The smallest absolute Gasteiger partial charge is 0.266 e. The first kappa shape index (κ1) is 18.7. The van der Waals surface area contributed by atoms with Crippen molar-refractivity contribution in [1.29, 1.82) is 0 Å². The maximum atomic E-state index is 13.5. The summed E-state index contributed by atoms with van der Waals surface area (Å²) in [5.74, 6) is 1.43. The van der Waals surface area contributed by atoms with Gasteiger partial charge in [-0.3, -0.25) is 9.59 Å². The summed E-state index contributed by atoms with van der Waals surface area (Å²) in [6.07, 6.45) is 5.31. The van der Waals surface area contributed by atoms with Crippen molar-refractivity contribution in [3.63, 3.8) is 0 Å². The van der Waals surface area contributed by atoms with E-state index in [9.17, 15) is 9.59 Å². The molecule has 0 radical (unpaired) electrons. The van der Waals surface area contributed by atoms with Crippen LogP contribution in [0.4, 0.5) is 11.5 Å². The molecule has 2 aliphatic heterocycles. The molecule has 0 bridgehead atoms. The Kier molecular flexibility index (Phi) is 5.20. The van der Waals surface area contributed by atoms with Gasteiger partial charge in [-0.15, -0.1) is 0 Å². The standard InChI is InChI=1S/C22H28N4O2/c1-3-7-16-8-6-13-25(15-16)22(28)19-14-17-9-4-5-10-18(17)26(19)20-11-12-21(27)24(2)23-20/h4-5,9-12,16,19H,3,6-8,13-15H2,1-2H3. The van der Waals surface area contributed by atoms with Crippen LogP contribution >= 0.6 is 0 Å². The number of aryl methyl sites for hydroxylation is 1. The Morgan fingerprint density at radius 2 is 2.04 bits per heavy atom. The number of hydrogen-bond acceptors (Lipinski definition) is 4. The molecule has 6 nitrogen and oxygen atoms in total. The van der Waals surface area contributed by atoms with Gasteiger partial charge in [0.15, 0.2) is 5.82 Å².